The van der Waals surface area contributed by atoms with Crippen molar-refractivity contribution >= 4 is 17.2 Å². The summed E-state index contributed by atoms with van der Waals surface area (Å²) >= 11 is 4.73. The van der Waals surface area contributed by atoms with Crippen LogP contribution in [0.25, 0.3) is 0 Å². The number of methoxy groups -OCH3 is 1. The minimum atomic E-state index is -0.171. The molecule has 3 nitrogen and oxygen atoms in total. The van der Waals surface area contributed by atoms with Gasteiger partial charge in [-0.3, -0.25) is 0 Å². The fraction of sp³-hybridized carbons (Fsp3) is 0.857. The van der Waals surface area contributed by atoms with Crippen molar-refractivity contribution in [2.75, 3.05) is 13.7 Å². The molecule has 2 atom stereocenters. The van der Waals surface area contributed by atoms with Crippen molar-refractivity contribution < 1.29 is 9.47 Å². The zero-order valence-electron chi connectivity index (χ0n) is 7.16. The maximum absolute atomic E-state index is 5.36. The molecule has 0 aliphatic carbocycles. The van der Waals surface area contributed by atoms with E-state index in [4.69, 9.17) is 27.4 Å². The van der Waals surface area contributed by atoms with E-state index in [1.807, 2.05) is 13.8 Å². The fourth-order valence-corrected chi connectivity index (χ4v) is 0.745. The number of hydrogen-bond donors (Lipinski definition) is 1. The lowest BCUT2D eigenvalue weighted by molar-refractivity contribution is -0.00508. The Morgan fingerprint density at radius 2 is 2.09 bits per heavy atom. The Labute approximate surface area is 72.9 Å². The van der Waals surface area contributed by atoms with Crippen LogP contribution in [0.5, 0.6) is 0 Å². The molecule has 0 rings (SSSR count). The molecule has 0 saturated heterocycles. The number of hydrogen-bond acceptors (Lipinski definition) is 3. The van der Waals surface area contributed by atoms with Gasteiger partial charge in [-0.15, -0.1) is 0 Å². The summed E-state index contributed by atoms with van der Waals surface area (Å²) < 4.78 is 10.2. The third-order valence-electron chi connectivity index (χ3n) is 1.24. The van der Waals surface area contributed by atoms with Gasteiger partial charge in [0.05, 0.1) is 12.7 Å². The number of thiocarbonyl (C=S) groups is 1. The highest BCUT2D eigenvalue weighted by molar-refractivity contribution is 7.80. The zero-order valence-corrected chi connectivity index (χ0v) is 7.98. The Balaban J connectivity index is 3.56. The summed E-state index contributed by atoms with van der Waals surface area (Å²) in [6.07, 6.45) is -0.133. The van der Waals surface area contributed by atoms with E-state index >= 15 is 0 Å². The molecule has 4 heteroatoms. The number of rotatable bonds is 5. The summed E-state index contributed by atoms with van der Waals surface area (Å²) in [6.45, 7) is 4.31. The second-order valence-electron chi connectivity index (χ2n) is 2.45. The SMILES string of the molecule is COCC(C)OC(C)C(N)=S. The smallest absolute Gasteiger partial charge is 0.105 e. The van der Waals surface area contributed by atoms with E-state index in [1.165, 1.54) is 0 Å². The van der Waals surface area contributed by atoms with E-state index in [-0.39, 0.29) is 12.2 Å². The minimum absolute atomic E-state index is 0.0384. The van der Waals surface area contributed by atoms with E-state index in [9.17, 15) is 0 Å². The normalized spacial score (nSPS) is 15.9. The lowest BCUT2D eigenvalue weighted by Gasteiger charge is -2.16. The topological polar surface area (TPSA) is 44.5 Å². The molecule has 66 valence electrons. The molecule has 0 fully saturated rings. The standard InChI is InChI=1S/C7H15NO2S/c1-5(4-9-3)10-6(2)7(8)11/h5-6H,4H2,1-3H3,(H2,8,11). The Hall–Kier alpha value is -0.190. The molecule has 0 spiro atoms. The van der Waals surface area contributed by atoms with E-state index in [2.05, 4.69) is 0 Å². The van der Waals surface area contributed by atoms with Gasteiger partial charge in [0.25, 0.3) is 0 Å². The molecule has 0 bridgehead atoms. The van der Waals surface area contributed by atoms with Crippen molar-refractivity contribution in [3.8, 4) is 0 Å². The summed E-state index contributed by atoms with van der Waals surface area (Å²) in [5, 5.41) is 0. The first-order valence-corrected chi connectivity index (χ1v) is 3.92. The Morgan fingerprint density at radius 3 is 2.45 bits per heavy atom. The average Bonchev–Trinajstić information content (AvgIpc) is 1.87. The number of nitrogens with two attached hydrogens (primary N) is 1. The summed E-state index contributed by atoms with van der Waals surface area (Å²) in [4.78, 5) is 0.382. The molecule has 0 aromatic heterocycles. The molecule has 0 saturated carbocycles. The van der Waals surface area contributed by atoms with E-state index in [0.717, 1.165) is 0 Å². The number of ether oxygens (including phenoxy) is 2. The van der Waals surface area contributed by atoms with Crippen LogP contribution in [0.2, 0.25) is 0 Å². The van der Waals surface area contributed by atoms with Crippen LogP contribution in [0.1, 0.15) is 13.8 Å². The lowest BCUT2D eigenvalue weighted by atomic mass is 10.3. The van der Waals surface area contributed by atoms with Gasteiger partial charge < -0.3 is 15.2 Å². The van der Waals surface area contributed by atoms with Gasteiger partial charge in [-0.2, -0.15) is 0 Å². The van der Waals surface area contributed by atoms with Gasteiger partial charge in [-0.1, -0.05) is 12.2 Å². The largest absolute Gasteiger partial charge is 0.391 e. The van der Waals surface area contributed by atoms with E-state index < -0.39 is 0 Å². The molecular weight excluding hydrogens is 162 g/mol. The lowest BCUT2D eigenvalue weighted by Crippen LogP contribution is -2.31. The monoisotopic (exact) mass is 177 g/mol. The Bertz CT molecular complexity index is 130. The fourth-order valence-electron chi connectivity index (χ4n) is 0.690. The highest BCUT2D eigenvalue weighted by atomic mass is 32.1. The quantitative estimate of drug-likeness (QED) is 0.628. The predicted molar refractivity (Wildman–Crippen MR) is 48.7 cm³/mol. The minimum Gasteiger partial charge on any atom is -0.391 e. The first-order valence-electron chi connectivity index (χ1n) is 3.51. The van der Waals surface area contributed by atoms with Crippen LogP contribution in [0, 0.1) is 0 Å². The summed E-state index contributed by atoms with van der Waals surface area (Å²) in [5.74, 6) is 0. The highest BCUT2D eigenvalue weighted by Crippen LogP contribution is 1.98. The van der Waals surface area contributed by atoms with Crippen molar-refractivity contribution in [1.82, 2.24) is 0 Å². The van der Waals surface area contributed by atoms with Gasteiger partial charge in [0.2, 0.25) is 0 Å². The molecule has 0 heterocycles. The van der Waals surface area contributed by atoms with E-state index in [0.29, 0.717) is 11.6 Å². The molecular formula is C7H15NO2S. The first-order chi connectivity index (χ1) is 5.07. The molecule has 0 amide bonds. The zero-order chi connectivity index (χ0) is 8.85. The summed E-state index contributed by atoms with van der Waals surface area (Å²) in [5.41, 5.74) is 5.35. The molecule has 0 radical (unpaired) electrons. The van der Waals surface area contributed by atoms with Crippen LogP contribution in [0.15, 0.2) is 0 Å². The predicted octanol–water partition coefficient (Wildman–Crippen LogP) is 0.713. The third kappa shape index (κ3) is 5.12. The van der Waals surface area contributed by atoms with Gasteiger partial charge >= 0.3 is 0 Å². The Morgan fingerprint density at radius 1 is 1.55 bits per heavy atom. The van der Waals surface area contributed by atoms with Gasteiger partial charge in [0.1, 0.15) is 11.1 Å². The molecule has 0 aromatic carbocycles. The maximum Gasteiger partial charge on any atom is 0.105 e. The van der Waals surface area contributed by atoms with Gasteiger partial charge in [-0.05, 0) is 13.8 Å². The van der Waals surface area contributed by atoms with Crippen LogP contribution >= 0.6 is 12.2 Å². The van der Waals surface area contributed by atoms with Crippen molar-refractivity contribution in [1.29, 1.82) is 0 Å². The second-order valence-corrected chi connectivity index (χ2v) is 2.92. The molecule has 2 N–H and O–H groups in total. The van der Waals surface area contributed by atoms with Gasteiger partial charge in [-0.25, -0.2) is 0 Å². The van der Waals surface area contributed by atoms with Crippen LogP contribution in [0.3, 0.4) is 0 Å². The van der Waals surface area contributed by atoms with Crippen molar-refractivity contribution in [3.05, 3.63) is 0 Å². The molecule has 11 heavy (non-hydrogen) atoms. The molecule has 0 aliphatic rings. The van der Waals surface area contributed by atoms with Crippen molar-refractivity contribution in [2.45, 2.75) is 26.1 Å². The first kappa shape index (κ1) is 10.8. The van der Waals surface area contributed by atoms with Crippen molar-refractivity contribution in [3.63, 3.8) is 0 Å². The highest BCUT2D eigenvalue weighted by Gasteiger charge is 2.09. The third-order valence-corrected chi connectivity index (χ3v) is 1.57. The molecule has 0 aromatic rings. The average molecular weight is 177 g/mol. The Kier molecular flexibility index (Phi) is 5.36. The van der Waals surface area contributed by atoms with Crippen molar-refractivity contribution in [2.24, 2.45) is 5.73 Å². The van der Waals surface area contributed by atoms with Crippen LogP contribution in [0.4, 0.5) is 0 Å². The van der Waals surface area contributed by atoms with Crippen LogP contribution in [-0.2, 0) is 9.47 Å². The summed E-state index contributed by atoms with van der Waals surface area (Å²) in [6, 6.07) is 0. The molecule has 2 unspecified atom stereocenters. The van der Waals surface area contributed by atoms with E-state index in [1.54, 1.807) is 7.11 Å². The molecule has 0 aliphatic heterocycles. The van der Waals surface area contributed by atoms with Gasteiger partial charge in [0, 0.05) is 7.11 Å². The van der Waals surface area contributed by atoms with Crippen LogP contribution < -0.4 is 5.73 Å². The second kappa shape index (κ2) is 5.46. The maximum atomic E-state index is 5.36. The summed E-state index contributed by atoms with van der Waals surface area (Å²) in [7, 11) is 1.63. The van der Waals surface area contributed by atoms with Crippen LogP contribution in [-0.4, -0.2) is 30.9 Å². The van der Waals surface area contributed by atoms with Gasteiger partial charge in [0.15, 0.2) is 0 Å².